The molecule has 1 aliphatic carbocycles. The molecule has 1 saturated carbocycles. The quantitative estimate of drug-likeness (QED) is 0.870. The molecule has 1 aliphatic rings. The topological polar surface area (TPSA) is 66.4 Å². The Morgan fingerprint density at radius 2 is 2.22 bits per heavy atom. The van der Waals surface area contributed by atoms with Crippen LogP contribution in [-0.4, -0.2) is 19.6 Å². The maximum absolute atomic E-state index is 12.2. The van der Waals surface area contributed by atoms with Crippen molar-refractivity contribution >= 4 is 21.6 Å². The normalized spacial score (nSPS) is 23.1. The second kappa shape index (κ2) is 5.17. The molecule has 0 spiro atoms. The highest BCUT2D eigenvalue weighted by Gasteiger charge is 2.39. The van der Waals surface area contributed by atoms with Gasteiger partial charge in [0.2, 0.25) is 10.0 Å². The Hall–Kier alpha value is -0.620. The molecule has 0 heterocycles. The van der Waals surface area contributed by atoms with Crippen LogP contribution in [0.3, 0.4) is 0 Å². The third kappa shape index (κ3) is 2.85. The lowest BCUT2D eigenvalue weighted by atomic mass is 10.2. The molecule has 2 atom stereocenters. The minimum atomic E-state index is -3.60. The van der Waals surface area contributed by atoms with Gasteiger partial charge in [0.1, 0.15) is 4.90 Å². The van der Waals surface area contributed by atoms with Gasteiger partial charge in [-0.1, -0.05) is 31.0 Å². The molecule has 1 aromatic carbocycles. The number of halogens is 1. The Bertz CT molecular complexity index is 544. The SMILES string of the molecule is CCC1CC1NS(=O)(=O)c1cc(CO)ccc1Cl. The van der Waals surface area contributed by atoms with Crippen LogP contribution in [0, 0.1) is 5.92 Å². The van der Waals surface area contributed by atoms with E-state index >= 15 is 0 Å². The fourth-order valence-corrected chi connectivity index (χ4v) is 3.83. The van der Waals surface area contributed by atoms with E-state index in [4.69, 9.17) is 16.7 Å². The van der Waals surface area contributed by atoms with Crippen LogP contribution in [0.15, 0.2) is 23.1 Å². The average molecular weight is 290 g/mol. The Morgan fingerprint density at radius 3 is 2.78 bits per heavy atom. The molecule has 1 aromatic rings. The molecule has 0 amide bonds. The van der Waals surface area contributed by atoms with Crippen molar-refractivity contribution < 1.29 is 13.5 Å². The summed E-state index contributed by atoms with van der Waals surface area (Å²) in [5.41, 5.74) is 0.530. The Morgan fingerprint density at radius 1 is 1.50 bits per heavy atom. The van der Waals surface area contributed by atoms with Gasteiger partial charge in [-0.3, -0.25) is 0 Å². The van der Waals surface area contributed by atoms with E-state index in [1.54, 1.807) is 6.07 Å². The summed E-state index contributed by atoms with van der Waals surface area (Å²) in [4.78, 5) is 0.0393. The summed E-state index contributed by atoms with van der Waals surface area (Å²) < 4.78 is 27.0. The first kappa shape index (κ1) is 13.8. The molecule has 0 saturated heterocycles. The molecule has 0 aromatic heterocycles. The van der Waals surface area contributed by atoms with Crippen LogP contribution >= 0.6 is 11.6 Å². The van der Waals surface area contributed by atoms with Crippen molar-refractivity contribution in [1.82, 2.24) is 4.72 Å². The van der Waals surface area contributed by atoms with Gasteiger partial charge in [-0.25, -0.2) is 13.1 Å². The predicted molar refractivity (Wildman–Crippen MR) is 69.9 cm³/mol. The lowest BCUT2D eigenvalue weighted by molar-refractivity contribution is 0.281. The largest absolute Gasteiger partial charge is 0.392 e. The molecular weight excluding hydrogens is 274 g/mol. The molecule has 2 unspecified atom stereocenters. The van der Waals surface area contributed by atoms with Gasteiger partial charge < -0.3 is 5.11 Å². The molecule has 18 heavy (non-hydrogen) atoms. The van der Waals surface area contributed by atoms with Crippen LogP contribution in [0.4, 0.5) is 0 Å². The third-order valence-corrected chi connectivity index (χ3v) is 5.19. The standard InChI is InChI=1S/C12H16ClNO3S/c1-2-9-6-11(9)14-18(16,17)12-5-8(7-15)3-4-10(12)13/h3-5,9,11,14-15H,2,6-7H2,1H3. The van der Waals surface area contributed by atoms with Gasteiger partial charge in [-0.2, -0.15) is 0 Å². The molecule has 0 bridgehead atoms. The van der Waals surface area contributed by atoms with Gasteiger partial charge >= 0.3 is 0 Å². The van der Waals surface area contributed by atoms with Crippen LogP contribution in [0.1, 0.15) is 25.3 Å². The Kier molecular flexibility index (Phi) is 3.96. The summed E-state index contributed by atoms with van der Waals surface area (Å²) in [6.07, 6.45) is 1.85. The number of benzene rings is 1. The molecule has 4 nitrogen and oxygen atoms in total. The van der Waals surface area contributed by atoms with Gasteiger partial charge in [0.05, 0.1) is 11.6 Å². The number of aliphatic hydroxyl groups excluding tert-OH is 1. The zero-order chi connectivity index (χ0) is 13.3. The fourth-order valence-electron chi connectivity index (χ4n) is 1.96. The van der Waals surface area contributed by atoms with Crippen molar-refractivity contribution in [2.24, 2.45) is 5.92 Å². The number of aliphatic hydroxyl groups is 1. The number of nitrogens with one attached hydrogen (secondary N) is 1. The summed E-state index contributed by atoms with van der Waals surface area (Å²) in [6, 6.07) is 4.53. The fraction of sp³-hybridized carbons (Fsp3) is 0.500. The summed E-state index contributed by atoms with van der Waals surface area (Å²) in [5, 5.41) is 9.21. The van der Waals surface area contributed by atoms with E-state index in [1.165, 1.54) is 12.1 Å². The van der Waals surface area contributed by atoms with Crippen LogP contribution in [0.2, 0.25) is 5.02 Å². The maximum atomic E-state index is 12.2. The zero-order valence-electron chi connectivity index (χ0n) is 10.1. The molecule has 2 N–H and O–H groups in total. The molecule has 100 valence electrons. The van der Waals surface area contributed by atoms with Gasteiger partial charge in [0.25, 0.3) is 0 Å². The van der Waals surface area contributed by atoms with E-state index < -0.39 is 10.0 Å². The maximum Gasteiger partial charge on any atom is 0.242 e. The van der Waals surface area contributed by atoms with Gasteiger partial charge in [0, 0.05) is 6.04 Å². The second-order valence-electron chi connectivity index (χ2n) is 4.55. The minimum absolute atomic E-state index is 0.0221. The van der Waals surface area contributed by atoms with Crippen LogP contribution in [-0.2, 0) is 16.6 Å². The van der Waals surface area contributed by atoms with Gasteiger partial charge in [-0.15, -0.1) is 0 Å². The minimum Gasteiger partial charge on any atom is -0.392 e. The lowest BCUT2D eigenvalue weighted by Gasteiger charge is -2.09. The van der Waals surface area contributed by atoms with Crippen LogP contribution < -0.4 is 4.72 Å². The smallest absolute Gasteiger partial charge is 0.242 e. The molecule has 6 heteroatoms. The summed E-state index contributed by atoms with van der Waals surface area (Å²) in [7, 11) is -3.60. The Balaban J connectivity index is 2.24. The number of rotatable bonds is 5. The third-order valence-electron chi connectivity index (χ3n) is 3.22. The first-order valence-corrected chi connectivity index (χ1v) is 7.75. The molecule has 0 aliphatic heterocycles. The van der Waals surface area contributed by atoms with Gasteiger partial charge in [-0.05, 0) is 30.0 Å². The van der Waals surface area contributed by atoms with E-state index in [9.17, 15) is 8.42 Å². The van der Waals surface area contributed by atoms with E-state index in [1.807, 2.05) is 6.92 Å². The van der Waals surface area contributed by atoms with E-state index in [0.717, 1.165) is 12.8 Å². The monoisotopic (exact) mass is 289 g/mol. The van der Waals surface area contributed by atoms with E-state index in [-0.39, 0.29) is 22.6 Å². The highest BCUT2D eigenvalue weighted by molar-refractivity contribution is 7.89. The van der Waals surface area contributed by atoms with Crippen molar-refractivity contribution in [3.8, 4) is 0 Å². The van der Waals surface area contributed by atoms with E-state index in [2.05, 4.69) is 4.72 Å². The molecule has 0 radical (unpaired) electrons. The van der Waals surface area contributed by atoms with Crippen molar-refractivity contribution in [2.45, 2.75) is 37.3 Å². The molecule has 2 rings (SSSR count). The molecule has 1 fully saturated rings. The van der Waals surface area contributed by atoms with Crippen LogP contribution in [0.5, 0.6) is 0 Å². The van der Waals surface area contributed by atoms with E-state index in [0.29, 0.717) is 11.5 Å². The highest BCUT2D eigenvalue weighted by atomic mass is 35.5. The number of hydrogen-bond donors (Lipinski definition) is 2. The summed E-state index contributed by atoms with van der Waals surface area (Å²) >= 11 is 5.91. The highest BCUT2D eigenvalue weighted by Crippen LogP contribution is 2.35. The zero-order valence-corrected chi connectivity index (χ0v) is 11.6. The lowest BCUT2D eigenvalue weighted by Crippen LogP contribution is -2.27. The Labute approximate surface area is 112 Å². The second-order valence-corrected chi connectivity index (χ2v) is 6.64. The van der Waals surface area contributed by atoms with Gasteiger partial charge in [0.15, 0.2) is 0 Å². The van der Waals surface area contributed by atoms with Crippen molar-refractivity contribution in [2.75, 3.05) is 0 Å². The van der Waals surface area contributed by atoms with Crippen molar-refractivity contribution in [1.29, 1.82) is 0 Å². The first-order chi connectivity index (χ1) is 8.47. The number of sulfonamides is 1. The average Bonchev–Trinajstić information content (AvgIpc) is 3.07. The summed E-state index contributed by atoms with van der Waals surface area (Å²) in [5.74, 6) is 0.430. The molecular formula is C12H16ClNO3S. The van der Waals surface area contributed by atoms with Crippen molar-refractivity contribution in [3.63, 3.8) is 0 Å². The summed E-state index contributed by atoms with van der Waals surface area (Å²) in [6.45, 7) is 1.83. The predicted octanol–water partition coefficient (Wildman–Crippen LogP) is 1.91. The first-order valence-electron chi connectivity index (χ1n) is 5.89. The van der Waals surface area contributed by atoms with Crippen molar-refractivity contribution in [3.05, 3.63) is 28.8 Å². The van der Waals surface area contributed by atoms with Crippen LogP contribution in [0.25, 0.3) is 0 Å². The number of hydrogen-bond acceptors (Lipinski definition) is 3.